The summed E-state index contributed by atoms with van der Waals surface area (Å²) in [4.78, 5) is 27.3. The van der Waals surface area contributed by atoms with Crippen molar-refractivity contribution in [3.63, 3.8) is 0 Å². The van der Waals surface area contributed by atoms with Crippen molar-refractivity contribution in [2.45, 2.75) is 13.8 Å². The number of hydrogen-bond donors (Lipinski definition) is 1. The van der Waals surface area contributed by atoms with Crippen molar-refractivity contribution >= 4 is 17.5 Å². The van der Waals surface area contributed by atoms with Gasteiger partial charge < -0.3 is 15.0 Å². The average molecular weight is 382 g/mol. The first-order chi connectivity index (χ1) is 13.4. The van der Waals surface area contributed by atoms with Crippen LogP contribution in [0.3, 0.4) is 0 Å². The molecule has 1 N–H and O–H groups in total. The summed E-state index contributed by atoms with van der Waals surface area (Å²) < 4.78 is 18.9. The number of carbonyl (C=O) groups is 2. The fourth-order valence-corrected chi connectivity index (χ4v) is 3.91. The predicted molar refractivity (Wildman–Crippen MR) is 104 cm³/mol. The Morgan fingerprint density at radius 1 is 1.00 bits per heavy atom. The van der Waals surface area contributed by atoms with Crippen LogP contribution in [0.1, 0.15) is 31.8 Å². The lowest BCUT2D eigenvalue weighted by molar-refractivity contribution is 0.0751. The van der Waals surface area contributed by atoms with Crippen LogP contribution in [0.5, 0.6) is 0 Å². The highest BCUT2D eigenvalue weighted by atomic mass is 19.1. The first-order valence-corrected chi connectivity index (χ1v) is 9.47. The second-order valence-electron chi connectivity index (χ2n) is 7.72. The van der Waals surface area contributed by atoms with Crippen molar-refractivity contribution < 1.29 is 18.7 Å². The quantitative estimate of drug-likeness (QED) is 0.885. The number of ether oxygens (including phenoxy) is 1. The SMILES string of the molecule is Cc1cc(C(=O)Nc2cc(C(=O)N3C[C@H]4COC[C@H]4C3)ccc2C)ccc1F. The van der Waals surface area contributed by atoms with Crippen molar-refractivity contribution in [2.75, 3.05) is 31.6 Å². The molecule has 146 valence electrons. The third-order valence-electron chi connectivity index (χ3n) is 5.68. The normalized spacial score (nSPS) is 20.9. The molecule has 2 saturated heterocycles. The Morgan fingerprint density at radius 2 is 1.68 bits per heavy atom. The van der Waals surface area contributed by atoms with Gasteiger partial charge in [0.05, 0.1) is 13.2 Å². The van der Waals surface area contributed by atoms with Crippen molar-refractivity contribution in [1.82, 2.24) is 4.90 Å². The zero-order chi connectivity index (χ0) is 19.8. The first kappa shape index (κ1) is 18.6. The van der Waals surface area contributed by atoms with Gasteiger partial charge in [0, 0.05) is 41.7 Å². The molecule has 4 rings (SSSR count). The van der Waals surface area contributed by atoms with E-state index in [1.165, 1.54) is 18.2 Å². The number of anilines is 1. The molecule has 0 bridgehead atoms. The van der Waals surface area contributed by atoms with E-state index in [9.17, 15) is 14.0 Å². The molecule has 0 radical (unpaired) electrons. The standard InChI is InChI=1S/C22H23FN2O3/c1-13-3-4-16(22(27)25-9-17-11-28-12-18(17)10-25)8-20(13)24-21(26)15-5-6-19(23)14(2)7-15/h3-8,17-18H,9-12H2,1-2H3,(H,24,26)/t17-,18+. The number of likely N-dealkylation sites (tertiary alicyclic amines) is 1. The Hall–Kier alpha value is -2.73. The van der Waals surface area contributed by atoms with Crippen molar-refractivity contribution in [3.8, 4) is 0 Å². The Labute approximate surface area is 163 Å². The van der Waals surface area contributed by atoms with Gasteiger partial charge in [-0.1, -0.05) is 6.07 Å². The molecule has 0 spiro atoms. The zero-order valence-electron chi connectivity index (χ0n) is 16.0. The van der Waals surface area contributed by atoms with E-state index in [4.69, 9.17) is 4.74 Å². The van der Waals surface area contributed by atoms with Gasteiger partial charge in [-0.2, -0.15) is 0 Å². The van der Waals surface area contributed by atoms with Crippen LogP contribution in [0.15, 0.2) is 36.4 Å². The van der Waals surface area contributed by atoms with E-state index in [0.29, 0.717) is 47.3 Å². The van der Waals surface area contributed by atoms with Gasteiger partial charge in [-0.15, -0.1) is 0 Å². The number of carbonyl (C=O) groups excluding carboxylic acids is 2. The fourth-order valence-electron chi connectivity index (χ4n) is 3.91. The van der Waals surface area contributed by atoms with Crippen LogP contribution in [0.2, 0.25) is 0 Å². The van der Waals surface area contributed by atoms with Gasteiger partial charge in [0.25, 0.3) is 11.8 Å². The maximum atomic E-state index is 13.4. The third-order valence-corrected chi connectivity index (χ3v) is 5.68. The zero-order valence-corrected chi connectivity index (χ0v) is 16.0. The molecule has 2 aliphatic heterocycles. The monoisotopic (exact) mass is 382 g/mol. The number of halogens is 1. The highest BCUT2D eigenvalue weighted by molar-refractivity contribution is 6.05. The average Bonchev–Trinajstić information content (AvgIpc) is 3.27. The minimum absolute atomic E-state index is 0.0254. The molecular formula is C22H23FN2O3. The maximum Gasteiger partial charge on any atom is 0.255 e. The lowest BCUT2D eigenvalue weighted by Gasteiger charge is -2.18. The van der Waals surface area contributed by atoms with Gasteiger partial charge in [-0.25, -0.2) is 4.39 Å². The van der Waals surface area contributed by atoms with E-state index in [1.807, 2.05) is 17.9 Å². The summed E-state index contributed by atoms with van der Waals surface area (Å²) in [6, 6.07) is 9.59. The van der Waals surface area contributed by atoms with Crippen LogP contribution in [0, 0.1) is 31.5 Å². The van der Waals surface area contributed by atoms with E-state index in [2.05, 4.69) is 5.32 Å². The molecule has 2 aromatic rings. The van der Waals surface area contributed by atoms with Gasteiger partial charge >= 0.3 is 0 Å². The minimum Gasteiger partial charge on any atom is -0.381 e. The van der Waals surface area contributed by atoms with E-state index >= 15 is 0 Å². The smallest absolute Gasteiger partial charge is 0.255 e. The van der Waals surface area contributed by atoms with Crippen LogP contribution in [0.4, 0.5) is 10.1 Å². The summed E-state index contributed by atoms with van der Waals surface area (Å²) in [6.07, 6.45) is 0. The largest absolute Gasteiger partial charge is 0.381 e. The summed E-state index contributed by atoms with van der Waals surface area (Å²) in [5.41, 5.74) is 2.78. The van der Waals surface area contributed by atoms with Crippen LogP contribution in [-0.4, -0.2) is 43.0 Å². The molecule has 0 unspecified atom stereocenters. The highest BCUT2D eigenvalue weighted by Gasteiger charge is 2.39. The molecule has 28 heavy (non-hydrogen) atoms. The van der Waals surface area contributed by atoms with E-state index < -0.39 is 0 Å². The van der Waals surface area contributed by atoms with E-state index in [1.54, 1.807) is 19.1 Å². The number of nitrogens with one attached hydrogen (secondary N) is 1. The third kappa shape index (κ3) is 3.52. The summed E-state index contributed by atoms with van der Waals surface area (Å²) in [7, 11) is 0. The Kier molecular flexibility index (Phi) is 4.89. The van der Waals surface area contributed by atoms with Gasteiger partial charge in [-0.05, 0) is 55.3 Å². The van der Waals surface area contributed by atoms with Crippen LogP contribution in [-0.2, 0) is 4.74 Å². The Morgan fingerprint density at radius 3 is 2.36 bits per heavy atom. The number of benzene rings is 2. The number of amides is 2. The van der Waals surface area contributed by atoms with Gasteiger partial charge in [0.1, 0.15) is 5.82 Å². The van der Waals surface area contributed by atoms with Crippen LogP contribution < -0.4 is 5.32 Å². The molecule has 0 aliphatic carbocycles. The van der Waals surface area contributed by atoms with Crippen molar-refractivity contribution in [1.29, 1.82) is 0 Å². The van der Waals surface area contributed by atoms with Crippen molar-refractivity contribution in [3.05, 3.63) is 64.5 Å². The second kappa shape index (κ2) is 7.36. The first-order valence-electron chi connectivity index (χ1n) is 9.47. The molecular weight excluding hydrogens is 359 g/mol. The number of fused-ring (bicyclic) bond motifs is 1. The second-order valence-corrected chi connectivity index (χ2v) is 7.72. The molecule has 2 aromatic carbocycles. The number of rotatable bonds is 3. The highest BCUT2D eigenvalue weighted by Crippen LogP contribution is 2.30. The van der Waals surface area contributed by atoms with E-state index in [0.717, 1.165) is 18.8 Å². The number of aryl methyl sites for hydroxylation is 2. The minimum atomic E-state index is -0.346. The summed E-state index contributed by atoms with van der Waals surface area (Å²) in [6.45, 7) is 6.37. The molecule has 2 atom stereocenters. The molecule has 2 aliphatic rings. The Balaban J connectivity index is 1.51. The Bertz CT molecular complexity index is 931. The molecule has 2 heterocycles. The molecule has 2 fully saturated rings. The van der Waals surface area contributed by atoms with Crippen LogP contribution >= 0.6 is 0 Å². The van der Waals surface area contributed by atoms with Crippen molar-refractivity contribution in [2.24, 2.45) is 11.8 Å². The molecule has 6 heteroatoms. The molecule has 0 aromatic heterocycles. The van der Waals surface area contributed by atoms with Gasteiger partial charge in [-0.3, -0.25) is 9.59 Å². The maximum absolute atomic E-state index is 13.4. The lowest BCUT2D eigenvalue weighted by Crippen LogP contribution is -2.30. The number of hydrogen-bond acceptors (Lipinski definition) is 3. The van der Waals surface area contributed by atoms with Gasteiger partial charge in [0.2, 0.25) is 0 Å². The number of nitrogens with zero attached hydrogens (tertiary/aromatic N) is 1. The summed E-state index contributed by atoms with van der Waals surface area (Å²) >= 11 is 0. The van der Waals surface area contributed by atoms with E-state index in [-0.39, 0.29) is 17.6 Å². The fraction of sp³-hybridized carbons (Fsp3) is 0.364. The van der Waals surface area contributed by atoms with Gasteiger partial charge in [0.15, 0.2) is 0 Å². The topological polar surface area (TPSA) is 58.6 Å². The molecule has 0 saturated carbocycles. The molecule has 2 amide bonds. The lowest BCUT2D eigenvalue weighted by atomic mass is 10.0. The predicted octanol–water partition coefficient (Wildman–Crippen LogP) is 3.41. The molecule has 5 nitrogen and oxygen atoms in total. The van der Waals surface area contributed by atoms with Crippen LogP contribution in [0.25, 0.3) is 0 Å². The summed E-state index contributed by atoms with van der Waals surface area (Å²) in [5, 5.41) is 2.85. The summed E-state index contributed by atoms with van der Waals surface area (Å²) in [5.74, 6) is 0.151.